The van der Waals surface area contributed by atoms with Crippen molar-refractivity contribution in [3.05, 3.63) is 57.0 Å². The van der Waals surface area contributed by atoms with Gasteiger partial charge in [-0.2, -0.15) is 5.10 Å². The number of ether oxygens (including phenoxy) is 1. The summed E-state index contributed by atoms with van der Waals surface area (Å²) in [5.74, 6) is -1.36. The first-order valence-electron chi connectivity index (χ1n) is 8.69. The summed E-state index contributed by atoms with van der Waals surface area (Å²) in [6, 6.07) is 8.10. The Balaban J connectivity index is 2.16. The lowest BCUT2D eigenvalue weighted by molar-refractivity contribution is -0.125. The Morgan fingerprint density at radius 1 is 1.22 bits per heavy atom. The summed E-state index contributed by atoms with van der Waals surface area (Å²) in [5.41, 5.74) is 0.233. The molecule has 144 valence electrons. The van der Waals surface area contributed by atoms with Crippen LogP contribution < -0.4 is 10.7 Å². The van der Waals surface area contributed by atoms with Gasteiger partial charge in [-0.25, -0.2) is 9.48 Å². The van der Waals surface area contributed by atoms with E-state index in [1.807, 2.05) is 13.8 Å². The van der Waals surface area contributed by atoms with Crippen molar-refractivity contribution >= 4 is 23.5 Å². The average molecular weight is 392 g/mol. The number of benzene rings is 1. The molecular weight excluding hydrogens is 370 g/mol. The van der Waals surface area contributed by atoms with E-state index in [4.69, 9.17) is 16.3 Å². The van der Waals surface area contributed by atoms with E-state index in [9.17, 15) is 14.4 Å². The highest BCUT2D eigenvalue weighted by atomic mass is 35.5. The summed E-state index contributed by atoms with van der Waals surface area (Å²) in [4.78, 5) is 36.2. The van der Waals surface area contributed by atoms with Crippen LogP contribution in [0.25, 0.3) is 5.69 Å². The zero-order chi connectivity index (χ0) is 20.0. The molecular formula is C19H22ClN3O4. The Morgan fingerprint density at radius 3 is 2.44 bits per heavy atom. The van der Waals surface area contributed by atoms with Crippen molar-refractivity contribution in [2.45, 2.75) is 39.7 Å². The van der Waals surface area contributed by atoms with Gasteiger partial charge in [0.2, 0.25) is 11.1 Å². The Labute approximate surface area is 162 Å². The van der Waals surface area contributed by atoms with Crippen LogP contribution in [0.3, 0.4) is 0 Å². The standard InChI is InChI=1S/C19H22ClN3O4/c1-4-14(5-2)21-17(25)11-27-19(26)18-16(24)10-12(3)23(22-18)15-8-6-13(20)7-9-15/h6-10,14H,4-5,11H2,1-3H3,(H,21,25). The van der Waals surface area contributed by atoms with E-state index < -0.39 is 23.9 Å². The Kier molecular flexibility index (Phi) is 7.12. The van der Waals surface area contributed by atoms with Gasteiger partial charge in [0.05, 0.1) is 5.69 Å². The van der Waals surface area contributed by atoms with E-state index in [2.05, 4.69) is 10.4 Å². The smallest absolute Gasteiger partial charge is 0.363 e. The van der Waals surface area contributed by atoms with Gasteiger partial charge in [0.1, 0.15) is 0 Å². The van der Waals surface area contributed by atoms with Crippen LogP contribution in [-0.2, 0) is 9.53 Å². The van der Waals surface area contributed by atoms with Crippen molar-refractivity contribution < 1.29 is 14.3 Å². The quantitative estimate of drug-likeness (QED) is 0.733. The van der Waals surface area contributed by atoms with Crippen LogP contribution >= 0.6 is 11.6 Å². The molecule has 0 radical (unpaired) electrons. The molecule has 0 aliphatic carbocycles. The molecule has 0 saturated heterocycles. The van der Waals surface area contributed by atoms with E-state index in [-0.39, 0.29) is 11.7 Å². The molecule has 0 spiro atoms. The maximum absolute atomic E-state index is 12.2. The first kappa shape index (κ1) is 20.6. The lowest BCUT2D eigenvalue weighted by Gasteiger charge is -2.14. The third kappa shape index (κ3) is 5.40. The summed E-state index contributed by atoms with van der Waals surface area (Å²) in [6.45, 7) is 5.14. The molecule has 1 heterocycles. The molecule has 8 heteroatoms. The first-order valence-corrected chi connectivity index (χ1v) is 9.06. The van der Waals surface area contributed by atoms with Gasteiger partial charge in [0.25, 0.3) is 5.91 Å². The van der Waals surface area contributed by atoms with Crippen LogP contribution in [0.5, 0.6) is 0 Å². The van der Waals surface area contributed by atoms with Crippen molar-refractivity contribution in [3.8, 4) is 5.69 Å². The number of rotatable bonds is 7. The van der Waals surface area contributed by atoms with Gasteiger partial charge < -0.3 is 10.1 Å². The molecule has 1 aromatic heterocycles. The Morgan fingerprint density at radius 2 is 1.85 bits per heavy atom. The van der Waals surface area contributed by atoms with E-state index in [1.165, 1.54) is 10.7 Å². The number of halogens is 1. The second kappa shape index (κ2) is 9.32. The molecule has 2 aromatic rings. The van der Waals surface area contributed by atoms with Gasteiger partial charge in [0, 0.05) is 22.8 Å². The predicted octanol–water partition coefficient (Wildman–Crippen LogP) is 2.66. The minimum absolute atomic E-state index is 0.0239. The number of esters is 1. The molecule has 1 aromatic carbocycles. The van der Waals surface area contributed by atoms with E-state index in [1.54, 1.807) is 31.2 Å². The number of hydrogen-bond acceptors (Lipinski definition) is 5. The highest BCUT2D eigenvalue weighted by Crippen LogP contribution is 2.14. The minimum Gasteiger partial charge on any atom is -0.451 e. The maximum atomic E-state index is 12.2. The first-order chi connectivity index (χ1) is 12.8. The fraction of sp³-hybridized carbons (Fsp3) is 0.368. The third-order valence-corrected chi connectivity index (χ3v) is 4.31. The Hall–Kier alpha value is -2.67. The Bertz CT molecular complexity index is 874. The zero-order valence-electron chi connectivity index (χ0n) is 15.5. The molecule has 0 aliphatic rings. The van der Waals surface area contributed by atoms with Gasteiger partial charge in [0.15, 0.2) is 6.61 Å². The summed E-state index contributed by atoms with van der Waals surface area (Å²) in [7, 11) is 0. The fourth-order valence-electron chi connectivity index (χ4n) is 2.49. The SMILES string of the molecule is CCC(CC)NC(=O)COC(=O)c1nn(-c2ccc(Cl)cc2)c(C)cc1=O. The van der Waals surface area contributed by atoms with Crippen LogP contribution in [0.2, 0.25) is 5.02 Å². The van der Waals surface area contributed by atoms with Crippen molar-refractivity contribution in [2.24, 2.45) is 0 Å². The summed E-state index contributed by atoms with van der Waals surface area (Å²) >= 11 is 5.88. The number of aromatic nitrogens is 2. The number of carbonyl (C=O) groups excluding carboxylic acids is 2. The zero-order valence-corrected chi connectivity index (χ0v) is 16.2. The highest BCUT2D eigenvalue weighted by Gasteiger charge is 2.18. The summed E-state index contributed by atoms with van der Waals surface area (Å²) in [6.07, 6.45) is 1.56. The average Bonchev–Trinajstić information content (AvgIpc) is 2.65. The van der Waals surface area contributed by atoms with Crippen LogP contribution in [0.15, 0.2) is 35.1 Å². The fourth-order valence-corrected chi connectivity index (χ4v) is 2.62. The van der Waals surface area contributed by atoms with Crippen LogP contribution in [0.1, 0.15) is 42.9 Å². The lowest BCUT2D eigenvalue weighted by Crippen LogP contribution is -2.37. The molecule has 1 N–H and O–H groups in total. The second-order valence-corrected chi connectivity index (χ2v) is 6.48. The van der Waals surface area contributed by atoms with Crippen molar-refractivity contribution in [2.75, 3.05) is 6.61 Å². The topological polar surface area (TPSA) is 90.3 Å². The number of aryl methyl sites for hydroxylation is 1. The van der Waals surface area contributed by atoms with Gasteiger partial charge in [-0.3, -0.25) is 9.59 Å². The molecule has 0 bridgehead atoms. The number of nitrogens with zero attached hydrogens (tertiary/aromatic N) is 2. The van der Waals surface area contributed by atoms with E-state index >= 15 is 0 Å². The summed E-state index contributed by atoms with van der Waals surface area (Å²) in [5, 5.41) is 7.41. The van der Waals surface area contributed by atoms with Crippen molar-refractivity contribution in [3.63, 3.8) is 0 Å². The predicted molar refractivity (Wildman–Crippen MR) is 102 cm³/mol. The lowest BCUT2D eigenvalue weighted by atomic mass is 10.2. The number of amides is 1. The minimum atomic E-state index is -0.942. The van der Waals surface area contributed by atoms with E-state index in [0.29, 0.717) is 16.4 Å². The van der Waals surface area contributed by atoms with Crippen LogP contribution in [0.4, 0.5) is 0 Å². The van der Waals surface area contributed by atoms with Gasteiger partial charge in [-0.05, 0) is 44.0 Å². The highest BCUT2D eigenvalue weighted by molar-refractivity contribution is 6.30. The second-order valence-electron chi connectivity index (χ2n) is 6.04. The van der Waals surface area contributed by atoms with Crippen molar-refractivity contribution in [1.82, 2.24) is 15.1 Å². The van der Waals surface area contributed by atoms with E-state index in [0.717, 1.165) is 12.8 Å². The molecule has 0 unspecified atom stereocenters. The van der Waals surface area contributed by atoms with Crippen molar-refractivity contribution in [1.29, 1.82) is 0 Å². The van der Waals surface area contributed by atoms with Crippen LogP contribution in [0, 0.1) is 6.92 Å². The molecule has 0 saturated carbocycles. The largest absolute Gasteiger partial charge is 0.451 e. The molecule has 2 rings (SSSR count). The summed E-state index contributed by atoms with van der Waals surface area (Å²) < 4.78 is 6.41. The molecule has 0 fully saturated rings. The monoisotopic (exact) mass is 391 g/mol. The number of carbonyl (C=O) groups is 2. The normalized spacial score (nSPS) is 10.7. The van der Waals surface area contributed by atoms with Gasteiger partial charge in [-0.1, -0.05) is 25.4 Å². The number of hydrogen-bond donors (Lipinski definition) is 1. The number of nitrogens with one attached hydrogen (secondary N) is 1. The molecule has 1 amide bonds. The maximum Gasteiger partial charge on any atom is 0.363 e. The van der Waals surface area contributed by atoms with Gasteiger partial charge >= 0.3 is 5.97 Å². The molecule has 7 nitrogen and oxygen atoms in total. The van der Waals surface area contributed by atoms with Gasteiger partial charge in [-0.15, -0.1) is 0 Å². The molecule has 0 aliphatic heterocycles. The molecule has 0 atom stereocenters. The van der Waals surface area contributed by atoms with Crippen LogP contribution in [-0.4, -0.2) is 34.3 Å². The molecule has 27 heavy (non-hydrogen) atoms. The third-order valence-electron chi connectivity index (χ3n) is 4.06.